The molecule has 0 amide bonds. The van der Waals surface area contributed by atoms with E-state index in [1.54, 1.807) is 18.2 Å². The lowest BCUT2D eigenvalue weighted by Gasteiger charge is -2.10. The van der Waals surface area contributed by atoms with Gasteiger partial charge < -0.3 is 4.98 Å². The maximum atomic E-state index is 12.6. The summed E-state index contributed by atoms with van der Waals surface area (Å²) in [6.07, 6.45) is 0. The van der Waals surface area contributed by atoms with Crippen LogP contribution in [-0.2, 0) is 0 Å². The van der Waals surface area contributed by atoms with Crippen LogP contribution in [0.25, 0.3) is 10.9 Å². The highest BCUT2D eigenvalue weighted by Crippen LogP contribution is 2.21. The maximum Gasteiger partial charge on any atom is 0.259 e. The number of nitrogens with zero attached hydrogens (tertiary/aromatic N) is 1. The standard InChI is InChI=1S/C19H18N2O2S/c1-11-8-12(2)17(13(3)9-11)16(22)10-24-19-20-15-7-5-4-6-14(15)18(23)21-19/h4-9H,10H2,1-3H3,(H,20,21,23). The lowest BCUT2D eigenvalue weighted by molar-refractivity contribution is 0.102. The van der Waals surface area contributed by atoms with Gasteiger partial charge in [0.1, 0.15) is 0 Å². The normalized spacial score (nSPS) is 11.0. The number of thioether (sulfide) groups is 1. The second-order valence-corrected chi connectivity index (χ2v) is 6.84. The Morgan fingerprint density at radius 2 is 1.79 bits per heavy atom. The second-order valence-electron chi connectivity index (χ2n) is 5.87. The summed E-state index contributed by atoms with van der Waals surface area (Å²) in [4.78, 5) is 31.8. The van der Waals surface area contributed by atoms with Gasteiger partial charge in [-0.25, -0.2) is 4.98 Å². The summed E-state index contributed by atoms with van der Waals surface area (Å²) in [5.74, 6) is 0.289. The number of carbonyl (C=O) groups is 1. The molecule has 0 fully saturated rings. The summed E-state index contributed by atoms with van der Waals surface area (Å²) in [6, 6.07) is 11.2. The quantitative estimate of drug-likeness (QED) is 0.446. The van der Waals surface area contributed by atoms with E-state index in [9.17, 15) is 9.59 Å². The lowest BCUT2D eigenvalue weighted by Crippen LogP contribution is -2.11. The minimum atomic E-state index is -0.182. The summed E-state index contributed by atoms with van der Waals surface area (Å²) in [6.45, 7) is 5.93. The molecule has 0 aliphatic rings. The number of ketones is 1. The topological polar surface area (TPSA) is 62.8 Å². The molecule has 0 aliphatic heterocycles. The molecule has 0 saturated heterocycles. The SMILES string of the molecule is Cc1cc(C)c(C(=O)CSc2nc3ccccc3c(=O)[nH]2)c(C)c1. The van der Waals surface area contributed by atoms with Gasteiger partial charge in [0.25, 0.3) is 5.56 Å². The van der Waals surface area contributed by atoms with Crippen molar-refractivity contribution in [1.82, 2.24) is 9.97 Å². The molecule has 3 aromatic rings. The molecule has 24 heavy (non-hydrogen) atoms. The van der Waals surface area contributed by atoms with Crippen LogP contribution in [0.5, 0.6) is 0 Å². The largest absolute Gasteiger partial charge is 0.301 e. The minimum absolute atomic E-state index is 0.0470. The van der Waals surface area contributed by atoms with Gasteiger partial charge in [-0.15, -0.1) is 0 Å². The first-order valence-corrected chi connectivity index (χ1v) is 8.67. The molecule has 0 atom stereocenters. The molecule has 2 aromatic carbocycles. The van der Waals surface area contributed by atoms with Gasteiger partial charge in [-0.05, 0) is 44.0 Å². The molecular formula is C19H18N2O2S. The molecule has 4 nitrogen and oxygen atoms in total. The van der Waals surface area contributed by atoms with Crippen molar-refractivity contribution in [1.29, 1.82) is 0 Å². The molecule has 1 N–H and O–H groups in total. The number of Topliss-reactive ketones (excluding diaryl/α,β-unsaturated/α-hetero) is 1. The van der Waals surface area contributed by atoms with Crippen LogP contribution in [0, 0.1) is 20.8 Å². The summed E-state index contributed by atoms with van der Waals surface area (Å²) in [5.41, 5.74) is 4.33. The number of aromatic amines is 1. The van der Waals surface area contributed by atoms with Gasteiger partial charge >= 0.3 is 0 Å². The van der Waals surface area contributed by atoms with Crippen LogP contribution in [0.4, 0.5) is 0 Å². The zero-order chi connectivity index (χ0) is 17.3. The Balaban J connectivity index is 1.84. The first-order chi connectivity index (χ1) is 11.5. The molecule has 5 heteroatoms. The summed E-state index contributed by atoms with van der Waals surface area (Å²) >= 11 is 1.26. The highest BCUT2D eigenvalue weighted by molar-refractivity contribution is 7.99. The van der Waals surface area contributed by atoms with Gasteiger partial charge in [0.2, 0.25) is 0 Å². The van der Waals surface area contributed by atoms with Crippen molar-refractivity contribution in [2.24, 2.45) is 0 Å². The van der Waals surface area contributed by atoms with E-state index in [1.165, 1.54) is 11.8 Å². The van der Waals surface area contributed by atoms with Crippen LogP contribution < -0.4 is 5.56 Å². The van der Waals surface area contributed by atoms with E-state index >= 15 is 0 Å². The Morgan fingerprint density at radius 3 is 2.50 bits per heavy atom. The third-order valence-corrected chi connectivity index (χ3v) is 4.76. The van der Waals surface area contributed by atoms with Gasteiger partial charge in [0.15, 0.2) is 10.9 Å². The third kappa shape index (κ3) is 3.26. The smallest absolute Gasteiger partial charge is 0.259 e. The summed E-state index contributed by atoms with van der Waals surface area (Å²) in [7, 11) is 0. The monoisotopic (exact) mass is 338 g/mol. The van der Waals surface area contributed by atoms with E-state index in [0.29, 0.717) is 16.1 Å². The van der Waals surface area contributed by atoms with Crippen LogP contribution in [0.2, 0.25) is 0 Å². The molecule has 0 unspecified atom stereocenters. The summed E-state index contributed by atoms with van der Waals surface area (Å²) < 4.78 is 0. The molecule has 3 rings (SSSR count). The van der Waals surface area contributed by atoms with E-state index in [1.807, 2.05) is 39.0 Å². The number of carbonyl (C=O) groups excluding carboxylic acids is 1. The van der Waals surface area contributed by atoms with Gasteiger partial charge in [0, 0.05) is 5.56 Å². The van der Waals surface area contributed by atoms with Crippen LogP contribution in [-0.4, -0.2) is 21.5 Å². The van der Waals surface area contributed by atoms with E-state index in [0.717, 1.165) is 22.3 Å². The highest BCUT2D eigenvalue weighted by atomic mass is 32.2. The van der Waals surface area contributed by atoms with Crippen molar-refractivity contribution in [3.8, 4) is 0 Å². The Kier molecular flexibility index (Phi) is 4.53. The third-order valence-electron chi connectivity index (χ3n) is 3.89. The molecule has 0 radical (unpaired) electrons. The number of hydrogen-bond acceptors (Lipinski definition) is 4. The fourth-order valence-corrected chi connectivity index (χ4v) is 3.70. The average molecular weight is 338 g/mol. The fourth-order valence-electron chi connectivity index (χ4n) is 2.96. The summed E-state index contributed by atoms with van der Waals surface area (Å²) in [5, 5.41) is 1.02. The predicted octanol–water partition coefficient (Wildman–Crippen LogP) is 3.82. The van der Waals surface area contributed by atoms with Crippen molar-refractivity contribution in [3.63, 3.8) is 0 Å². The molecule has 1 heterocycles. The highest BCUT2D eigenvalue weighted by Gasteiger charge is 2.14. The number of aryl methyl sites for hydroxylation is 3. The average Bonchev–Trinajstić information content (AvgIpc) is 2.52. The number of rotatable bonds is 4. The fraction of sp³-hybridized carbons (Fsp3) is 0.211. The van der Waals surface area contributed by atoms with Gasteiger partial charge in [0.05, 0.1) is 16.7 Å². The van der Waals surface area contributed by atoms with Crippen molar-refractivity contribution in [3.05, 3.63) is 69.0 Å². The van der Waals surface area contributed by atoms with E-state index in [-0.39, 0.29) is 17.1 Å². The lowest BCUT2D eigenvalue weighted by atomic mass is 9.97. The Morgan fingerprint density at radius 1 is 1.12 bits per heavy atom. The molecular weight excluding hydrogens is 320 g/mol. The Hall–Kier alpha value is -2.40. The van der Waals surface area contributed by atoms with E-state index in [2.05, 4.69) is 9.97 Å². The van der Waals surface area contributed by atoms with Crippen LogP contribution in [0.15, 0.2) is 46.3 Å². The zero-order valence-corrected chi connectivity index (χ0v) is 14.7. The molecule has 1 aromatic heterocycles. The number of para-hydroxylation sites is 1. The van der Waals surface area contributed by atoms with Crippen molar-refractivity contribution in [2.45, 2.75) is 25.9 Å². The zero-order valence-electron chi connectivity index (χ0n) is 13.8. The van der Waals surface area contributed by atoms with Gasteiger partial charge in [-0.2, -0.15) is 0 Å². The van der Waals surface area contributed by atoms with Gasteiger partial charge in [-0.3, -0.25) is 9.59 Å². The molecule has 0 bridgehead atoms. The van der Waals surface area contributed by atoms with E-state index in [4.69, 9.17) is 0 Å². The molecule has 0 spiro atoms. The maximum absolute atomic E-state index is 12.6. The number of fused-ring (bicyclic) bond motifs is 1. The number of hydrogen-bond donors (Lipinski definition) is 1. The first-order valence-electron chi connectivity index (χ1n) is 7.68. The number of aromatic nitrogens is 2. The van der Waals surface area contributed by atoms with Crippen molar-refractivity contribution < 1.29 is 4.79 Å². The van der Waals surface area contributed by atoms with Crippen molar-refractivity contribution in [2.75, 3.05) is 5.75 Å². The predicted molar refractivity (Wildman–Crippen MR) is 98.1 cm³/mol. The first kappa shape index (κ1) is 16.5. The minimum Gasteiger partial charge on any atom is -0.301 e. The molecule has 122 valence electrons. The van der Waals surface area contributed by atoms with E-state index < -0.39 is 0 Å². The Bertz CT molecular complexity index is 969. The molecule has 0 aliphatic carbocycles. The van der Waals surface area contributed by atoms with Crippen LogP contribution in [0.1, 0.15) is 27.0 Å². The Labute approximate surface area is 144 Å². The van der Waals surface area contributed by atoms with Gasteiger partial charge in [-0.1, -0.05) is 41.6 Å². The van der Waals surface area contributed by atoms with Crippen molar-refractivity contribution >= 4 is 28.4 Å². The number of nitrogens with one attached hydrogen (secondary N) is 1. The van der Waals surface area contributed by atoms with Crippen LogP contribution >= 0.6 is 11.8 Å². The number of benzene rings is 2. The second kappa shape index (κ2) is 6.61. The molecule has 0 saturated carbocycles. The van der Waals surface area contributed by atoms with Crippen LogP contribution in [0.3, 0.4) is 0 Å². The number of H-pyrrole nitrogens is 1.